The van der Waals surface area contributed by atoms with E-state index in [-0.39, 0.29) is 17.7 Å². The lowest BCUT2D eigenvalue weighted by molar-refractivity contribution is 0.0938. The van der Waals surface area contributed by atoms with E-state index in [2.05, 4.69) is 16.4 Å². The van der Waals surface area contributed by atoms with Crippen molar-refractivity contribution in [3.05, 3.63) is 69.7 Å². The highest BCUT2D eigenvalue weighted by Crippen LogP contribution is 2.34. The third-order valence-electron chi connectivity index (χ3n) is 5.23. The number of aryl methyl sites for hydroxylation is 3. The lowest BCUT2D eigenvalue weighted by Crippen LogP contribution is -2.33. The molecule has 150 valence electrons. The average Bonchev–Trinajstić information content (AvgIpc) is 3.06. The van der Waals surface area contributed by atoms with Crippen LogP contribution in [0, 0.1) is 20.8 Å². The molecule has 0 spiro atoms. The van der Waals surface area contributed by atoms with Crippen molar-refractivity contribution in [3.8, 4) is 10.6 Å². The van der Waals surface area contributed by atoms with Crippen molar-refractivity contribution in [1.29, 1.82) is 0 Å². The van der Waals surface area contributed by atoms with Crippen LogP contribution in [0.4, 0.5) is 0 Å². The van der Waals surface area contributed by atoms with Crippen molar-refractivity contribution in [3.63, 3.8) is 0 Å². The number of hydrogen-bond acceptors (Lipinski definition) is 5. The molecule has 3 aromatic rings. The van der Waals surface area contributed by atoms with E-state index in [9.17, 15) is 13.2 Å². The van der Waals surface area contributed by atoms with Crippen molar-refractivity contribution in [2.24, 2.45) is 0 Å². The summed E-state index contributed by atoms with van der Waals surface area (Å²) in [6.07, 6.45) is 0.368. The van der Waals surface area contributed by atoms with E-state index in [1.54, 1.807) is 24.3 Å². The minimum atomic E-state index is -3.28. The Morgan fingerprint density at radius 1 is 1.14 bits per heavy atom. The summed E-state index contributed by atoms with van der Waals surface area (Å²) in [6, 6.07) is 12.7. The van der Waals surface area contributed by atoms with Crippen LogP contribution < -0.4 is 5.32 Å². The van der Waals surface area contributed by atoms with E-state index >= 15 is 0 Å². The molecule has 0 aliphatic carbocycles. The zero-order chi connectivity index (χ0) is 20.8. The fourth-order valence-corrected chi connectivity index (χ4v) is 6.42. The van der Waals surface area contributed by atoms with E-state index < -0.39 is 9.84 Å². The van der Waals surface area contributed by atoms with Crippen LogP contribution in [-0.4, -0.2) is 25.1 Å². The monoisotopic (exact) mass is 426 g/mol. The summed E-state index contributed by atoms with van der Waals surface area (Å²) in [7, 11) is -3.28. The minimum Gasteiger partial charge on any atom is -0.344 e. The van der Waals surface area contributed by atoms with Gasteiger partial charge in [-0.2, -0.15) is 0 Å². The highest BCUT2D eigenvalue weighted by Gasteiger charge is 2.31. The number of fused-ring (bicyclic) bond motifs is 1. The van der Waals surface area contributed by atoms with Gasteiger partial charge in [-0.05, 0) is 44.4 Å². The second-order valence-corrected chi connectivity index (χ2v) is 10.5. The van der Waals surface area contributed by atoms with Crippen molar-refractivity contribution in [1.82, 2.24) is 10.3 Å². The van der Waals surface area contributed by atoms with Crippen molar-refractivity contribution < 1.29 is 13.2 Å². The molecule has 7 heteroatoms. The third-order valence-corrected chi connectivity index (χ3v) is 8.23. The lowest BCUT2D eigenvalue weighted by Gasteiger charge is -2.26. The first-order valence-corrected chi connectivity index (χ1v) is 11.9. The highest BCUT2D eigenvalue weighted by atomic mass is 32.2. The van der Waals surface area contributed by atoms with Gasteiger partial charge in [-0.1, -0.05) is 42.0 Å². The molecular formula is C22H22N2O3S2. The number of nitrogens with one attached hydrogen (secondary N) is 1. The van der Waals surface area contributed by atoms with E-state index in [1.807, 2.05) is 32.9 Å². The number of amides is 1. The van der Waals surface area contributed by atoms with Gasteiger partial charge in [-0.15, -0.1) is 11.3 Å². The number of thiazole rings is 1. The first-order valence-electron chi connectivity index (χ1n) is 9.44. The Morgan fingerprint density at radius 2 is 1.90 bits per heavy atom. The third kappa shape index (κ3) is 3.72. The zero-order valence-electron chi connectivity index (χ0n) is 16.5. The van der Waals surface area contributed by atoms with Gasteiger partial charge >= 0.3 is 0 Å². The molecule has 0 radical (unpaired) electrons. The lowest BCUT2D eigenvalue weighted by atomic mass is 10.0. The summed E-state index contributed by atoms with van der Waals surface area (Å²) >= 11 is 1.37. The molecule has 29 heavy (non-hydrogen) atoms. The molecule has 0 saturated heterocycles. The van der Waals surface area contributed by atoms with Gasteiger partial charge in [0.15, 0.2) is 9.84 Å². The number of hydrogen-bond donors (Lipinski definition) is 1. The molecule has 0 fully saturated rings. The van der Waals surface area contributed by atoms with Crippen LogP contribution in [0.15, 0.2) is 47.4 Å². The Kier molecular flexibility index (Phi) is 5.04. The summed E-state index contributed by atoms with van der Waals surface area (Å²) < 4.78 is 24.6. The van der Waals surface area contributed by atoms with E-state index in [4.69, 9.17) is 0 Å². The number of rotatable bonds is 3. The molecule has 1 unspecified atom stereocenters. The number of carbonyl (C=O) groups excluding carboxylic acids is 1. The molecule has 1 N–H and O–H groups in total. The second-order valence-electron chi connectivity index (χ2n) is 7.42. The van der Waals surface area contributed by atoms with E-state index in [1.165, 1.54) is 16.9 Å². The molecule has 0 saturated carbocycles. The van der Waals surface area contributed by atoms with Gasteiger partial charge in [0, 0.05) is 5.56 Å². The fraction of sp³-hybridized carbons (Fsp3) is 0.273. The smallest absolute Gasteiger partial charge is 0.263 e. The first-order chi connectivity index (χ1) is 13.8. The largest absolute Gasteiger partial charge is 0.344 e. The standard InChI is InChI=1S/C22H22N2O3S2/c1-13-8-9-16(14(2)12-13)22-23-15(3)20(28-22)21(25)24-18-10-11-29(26,27)19-7-5-4-6-17(18)19/h4-9,12,18H,10-11H2,1-3H3,(H,24,25). The summed E-state index contributed by atoms with van der Waals surface area (Å²) in [5, 5.41) is 3.84. The van der Waals surface area contributed by atoms with Gasteiger partial charge in [-0.3, -0.25) is 4.79 Å². The van der Waals surface area contributed by atoms with Crippen molar-refractivity contribution in [2.75, 3.05) is 5.75 Å². The van der Waals surface area contributed by atoms with Gasteiger partial charge in [0.25, 0.3) is 5.91 Å². The summed E-state index contributed by atoms with van der Waals surface area (Å²) in [6.45, 7) is 5.92. The van der Waals surface area contributed by atoms with E-state index in [0.717, 1.165) is 16.1 Å². The molecule has 1 atom stereocenters. The highest BCUT2D eigenvalue weighted by molar-refractivity contribution is 7.91. The Morgan fingerprint density at radius 3 is 2.66 bits per heavy atom. The van der Waals surface area contributed by atoms with Crippen molar-refractivity contribution in [2.45, 2.75) is 38.1 Å². The predicted molar refractivity (Wildman–Crippen MR) is 115 cm³/mol. The number of carbonyl (C=O) groups is 1. The van der Waals surface area contributed by atoms with Gasteiger partial charge in [-0.25, -0.2) is 13.4 Å². The van der Waals surface area contributed by atoms with Crippen LogP contribution in [0.3, 0.4) is 0 Å². The Balaban J connectivity index is 1.62. The molecule has 5 nitrogen and oxygen atoms in total. The number of benzene rings is 2. The quantitative estimate of drug-likeness (QED) is 0.674. The Labute approximate surface area is 174 Å². The maximum Gasteiger partial charge on any atom is 0.263 e. The molecular weight excluding hydrogens is 404 g/mol. The summed E-state index contributed by atoms with van der Waals surface area (Å²) in [5.41, 5.74) is 4.67. The van der Waals surface area contributed by atoms with E-state index in [0.29, 0.717) is 27.5 Å². The topological polar surface area (TPSA) is 76.1 Å². The van der Waals surface area contributed by atoms with Gasteiger partial charge in [0.05, 0.1) is 22.4 Å². The maximum atomic E-state index is 13.0. The SMILES string of the molecule is Cc1ccc(-c2nc(C)c(C(=O)NC3CCS(=O)(=O)c4ccccc43)s2)c(C)c1. The second kappa shape index (κ2) is 7.39. The predicted octanol–water partition coefficient (Wildman–Crippen LogP) is 4.38. The molecule has 0 bridgehead atoms. The average molecular weight is 427 g/mol. The van der Waals surface area contributed by atoms with Gasteiger partial charge in [0.1, 0.15) is 9.88 Å². The van der Waals surface area contributed by atoms with Crippen LogP contribution in [0.1, 0.15) is 44.5 Å². The number of sulfone groups is 1. The number of nitrogens with zero attached hydrogens (tertiary/aromatic N) is 1. The zero-order valence-corrected chi connectivity index (χ0v) is 18.2. The molecule has 4 rings (SSSR count). The molecule has 1 aromatic heterocycles. The van der Waals surface area contributed by atoms with Crippen molar-refractivity contribution >= 4 is 27.1 Å². The molecule has 1 aliphatic heterocycles. The van der Waals surface area contributed by atoms with Crippen LogP contribution >= 0.6 is 11.3 Å². The molecule has 2 aromatic carbocycles. The minimum absolute atomic E-state index is 0.0322. The van der Waals surface area contributed by atoms with Gasteiger partial charge < -0.3 is 5.32 Å². The summed E-state index contributed by atoms with van der Waals surface area (Å²) in [4.78, 5) is 18.5. The normalized spacial score (nSPS) is 17.6. The Hall–Kier alpha value is -2.51. The first kappa shape index (κ1) is 19.8. The van der Waals surface area contributed by atoms with Crippen LogP contribution in [-0.2, 0) is 9.84 Å². The van der Waals surface area contributed by atoms with Gasteiger partial charge in [0.2, 0.25) is 0 Å². The molecule has 1 aliphatic rings. The Bertz CT molecular complexity index is 1210. The number of aromatic nitrogens is 1. The fourth-order valence-electron chi connectivity index (χ4n) is 3.74. The van der Waals surface area contributed by atoms with Crippen LogP contribution in [0.5, 0.6) is 0 Å². The maximum absolute atomic E-state index is 13.0. The summed E-state index contributed by atoms with van der Waals surface area (Å²) in [5.74, 6) is -0.181. The van der Waals surface area contributed by atoms with Crippen LogP contribution in [0.25, 0.3) is 10.6 Å². The molecule has 1 amide bonds. The molecule has 2 heterocycles. The van der Waals surface area contributed by atoms with Crippen LogP contribution in [0.2, 0.25) is 0 Å².